The lowest BCUT2D eigenvalue weighted by atomic mass is 10.2. The van der Waals surface area contributed by atoms with Gasteiger partial charge in [-0.05, 0) is 67.6 Å². The fourth-order valence-electron chi connectivity index (χ4n) is 3.49. The monoisotopic (exact) mass is 450 g/mol. The van der Waals surface area contributed by atoms with Gasteiger partial charge >= 0.3 is 0 Å². The zero-order valence-electron chi connectivity index (χ0n) is 17.3. The Balaban J connectivity index is 1.53. The third kappa shape index (κ3) is 4.19. The van der Waals surface area contributed by atoms with Crippen molar-refractivity contribution in [2.45, 2.75) is 13.8 Å². The van der Waals surface area contributed by atoms with Crippen LogP contribution in [0.4, 0.5) is 14.9 Å². The van der Waals surface area contributed by atoms with E-state index in [1.807, 2.05) is 36.6 Å². The van der Waals surface area contributed by atoms with Crippen molar-refractivity contribution in [3.63, 3.8) is 0 Å². The summed E-state index contributed by atoms with van der Waals surface area (Å²) in [6, 6.07) is 11.4. The summed E-state index contributed by atoms with van der Waals surface area (Å²) in [6.07, 6.45) is 5.08. The number of carbonyl (C=O) groups is 3. The van der Waals surface area contributed by atoms with Gasteiger partial charge in [-0.2, -0.15) is 0 Å². The number of carbonyl (C=O) groups excluding carboxylic acids is 3. The Morgan fingerprint density at radius 2 is 1.97 bits per heavy atom. The molecule has 1 N–H and O–H groups in total. The molecule has 0 spiro atoms. The number of imide groups is 1. The summed E-state index contributed by atoms with van der Waals surface area (Å²) in [5.41, 5.74) is 3.50. The third-order valence-electron chi connectivity index (χ3n) is 4.98. The lowest BCUT2D eigenvalue weighted by Gasteiger charge is -2.12. The van der Waals surface area contributed by atoms with Crippen LogP contribution in [0.2, 0.25) is 0 Å². The van der Waals surface area contributed by atoms with Crippen molar-refractivity contribution in [3.05, 3.63) is 82.5 Å². The van der Waals surface area contributed by atoms with Gasteiger partial charge in [-0.1, -0.05) is 12.1 Å². The standard InChI is InChI=1S/C23H19FN4O3S/c1-14-10-16(15(2)28(14)17-6-5-9-25-12-17)11-20-22(30)27(23(31)32-20)13-21(29)26-19-8-4-3-7-18(19)24/h3-12H,13H2,1-2H3,(H,26,29). The van der Waals surface area contributed by atoms with Crippen molar-refractivity contribution in [3.8, 4) is 5.69 Å². The first-order valence-corrected chi connectivity index (χ1v) is 10.6. The molecule has 3 heterocycles. The number of hydrogen-bond acceptors (Lipinski definition) is 5. The van der Waals surface area contributed by atoms with Crippen LogP contribution in [0.5, 0.6) is 0 Å². The number of pyridine rings is 1. The molecule has 1 fully saturated rings. The Kier molecular flexibility index (Phi) is 5.91. The Morgan fingerprint density at radius 3 is 2.69 bits per heavy atom. The number of para-hydroxylation sites is 1. The fourth-order valence-corrected chi connectivity index (χ4v) is 4.32. The highest BCUT2D eigenvalue weighted by Crippen LogP contribution is 2.33. The molecule has 4 rings (SSSR count). The van der Waals surface area contributed by atoms with E-state index in [1.54, 1.807) is 24.5 Å². The first kappa shape index (κ1) is 21.5. The number of thioether (sulfide) groups is 1. The fraction of sp³-hybridized carbons (Fsp3) is 0.130. The molecule has 3 amide bonds. The first-order chi connectivity index (χ1) is 15.3. The van der Waals surface area contributed by atoms with E-state index in [-0.39, 0.29) is 10.6 Å². The normalized spacial score (nSPS) is 15.0. The highest BCUT2D eigenvalue weighted by Gasteiger charge is 2.36. The Bertz CT molecular complexity index is 1250. The molecule has 3 aromatic rings. The summed E-state index contributed by atoms with van der Waals surface area (Å²) in [4.78, 5) is 42.7. The zero-order valence-corrected chi connectivity index (χ0v) is 18.1. The quantitative estimate of drug-likeness (QED) is 0.586. The molecule has 1 saturated heterocycles. The summed E-state index contributed by atoms with van der Waals surface area (Å²) < 4.78 is 15.7. The highest BCUT2D eigenvalue weighted by atomic mass is 32.2. The number of amides is 3. The van der Waals surface area contributed by atoms with E-state index in [2.05, 4.69) is 10.3 Å². The van der Waals surface area contributed by atoms with E-state index >= 15 is 0 Å². The molecule has 162 valence electrons. The average Bonchev–Trinajstić information content (AvgIpc) is 3.19. The Hall–Kier alpha value is -3.72. The highest BCUT2D eigenvalue weighted by molar-refractivity contribution is 8.18. The van der Waals surface area contributed by atoms with E-state index in [4.69, 9.17) is 0 Å². The van der Waals surface area contributed by atoms with Gasteiger partial charge in [0.15, 0.2) is 0 Å². The van der Waals surface area contributed by atoms with Crippen LogP contribution in [0, 0.1) is 19.7 Å². The molecule has 0 atom stereocenters. The second-order valence-electron chi connectivity index (χ2n) is 7.17. The topological polar surface area (TPSA) is 84.3 Å². The molecule has 0 unspecified atom stereocenters. The van der Waals surface area contributed by atoms with Crippen molar-refractivity contribution >= 4 is 40.6 Å². The van der Waals surface area contributed by atoms with Crippen LogP contribution in [-0.4, -0.2) is 38.0 Å². The lowest BCUT2D eigenvalue weighted by Crippen LogP contribution is -2.36. The number of nitrogens with one attached hydrogen (secondary N) is 1. The number of aryl methyl sites for hydroxylation is 1. The van der Waals surface area contributed by atoms with Crippen LogP contribution in [0.15, 0.2) is 59.8 Å². The van der Waals surface area contributed by atoms with E-state index < -0.39 is 29.4 Å². The maximum atomic E-state index is 13.7. The summed E-state index contributed by atoms with van der Waals surface area (Å²) in [7, 11) is 0. The molecule has 1 aliphatic rings. The van der Waals surface area contributed by atoms with Gasteiger partial charge in [0, 0.05) is 17.6 Å². The van der Waals surface area contributed by atoms with Crippen molar-refractivity contribution in [2.75, 3.05) is 11.9 Å². The van der Waals surface area contributed by atoms with E-state index in [1.165, 1.54) is 18.2 Å². The molecule has 1 aliphatic heterocycles. The van der Waals surface area contributed by atoms with Crippen molar-refractivity contribution < 1.29 is 18.8 Å². The number of anilines is 1. The zero-order chi connectivity index (χ0) is 22.8. The average molecular weight is 450 g/mol. The van der Waals surface area contributed by atoms with Gasteiger partial charge in [0.25, 0.3) is 11.1 Å². The molecule has 1 aromatic carbocycles. The SMILES string of the molecule is Cc1cc(C=C2SC(=O)N(CC(=O)Nc3ccccc3F)C2=O)c(C)n1-c1cccnc1. The van der Waals surface area contributed by atoms with Crippen LogP contribution < -0.4 is 5.32 Å². The molecule has 7 nitrogen and oxygen atoms in total. The summed E-state index contributed by atoms with van der Waals surface area (Å²) in [5, 5.41) is 1.83. The third-order valence-corrected chi connectivity index (χ3v) is 5.89. The number of nitrogens with zero attached hydrogens (tertiary/aromatic N) is 3. The number of hydrogen-bond donors (Lipinski definition) is 1. The van der Waals surface area contributed by atoms with Gasteiger partial charge in [-0.25, -0.2) is 4.39 Å². The number of rotatable bonds is 5. The van der Waals surface area contributed by atoms with Gasteiger partial charge < -0.3 is 9.88 Å². The van der Waals surface area contributed by atoms with Gasteiger partial charge in [0.2, 0.25) is 5.91 Å². The minimum Gasteiger partial charge on any atom is -0.322 e. The lowest BCUT2D eigenvalue weighted by molar-refractivity contribution is -0.127. The second-order valence-corrected chi connectivity index (χ2v) is 8.16. The van der Waals surface area contributed by atoms with Crippen molar-refractivity contribution in [1.29, 1.82) is 0 Å². The van der Waals surface area contributed by atoms with E-state index in [0.717, 1.165) is 39.3 Å². The molecule has 2 aromatic heterocycles. The number of aromatic nitrogens is 2. The van der Waals surface area contributed by atoms with Crippen molar-refractivity contribution in [2.24, 2.45) is 0 Å². The molecular weight excluding hydrogens is 431 g/mol. The second kappa shape index (κ2) is 8.80. The van der Waals surface area contributed by atoms with Gasteiger partial charge in [-0.3, -0.25) is 24.3 Å². The predicted molar refractivity (Wildman–Crippen MR) is 121 cm³/mol. The maximum Gasteiger partial charge on any atom is 0.294 e. The van der Waals surface area contributed by atoms with Crippen LogP contribution in [0.25, 0.3) is 11.8 Å². The Labute approximate surface area is 187 Å². The molecule has 9 heteroatoms. The molecular formula is C23H19FN4O3S. The van der Waals surface area contributed by atoms with Crippen LogP contribution >= 0.6 is 11.8 Å². The van der Waals surface area contributed by atoms with Gasteiger partial charge in [0.05, 0.1) is 22.5 Å². The summed E-state index contributed by atoms with van der Waals surface area (Å²) in [6.45, 7) is 3.36. The molecule has 32 heavy (non-hydrogen) atoms. The smallest absolute Gasteiger partial charge is 0.294 e. The predicted octanol–water partition coefficient (Wildman–Crippen LogP) is 4.30. The van der Waals surface area contributed by atoms with Crippen molar-refractivity contribution in [1.82, 2.24) is 14.5 Å². The summed E-state index contributed by atoms with van der Waals surface area (Å²) >= 11 is 0.771. The van der Waals surface area contributed by atoms with Crippen LogP contribution in [0.1, 0.15) is 17.0 Å². The maximum absolute atomic E-state index is 13.7. The molecule has 0 bridgehead atoms. The minimum atomic E-state index is -0.659. The number of halogens is 1. The largest absolute Gasteiger partial charge is 0.322 e. The number of benzene rings is 1. The van der Waals surface area contributed by atoms with Gasteiger partial charge in [-0.15, -0.1) is 0 Å². The molecule has 0 saturated carbocycles. The summed E-state index contributed by atoms with van der Waals surface area (Å²) in [5.74, 6) is -1.82. The first-order valence-electron chi connectivity index (χ1n) is 9.74. The van der Waals surface area contributed by atoms with Crippen LogP contribution in [-0.2, 0) is 9.59 Å². The Morgan fingerprint density at radius 1 is 1.19 bits per heavy atom. The van der Waals surface area contributed by atoms with Crippen LogP contribution in [0.3, 0.4) is 0 Å². The van der Waals surface area contributed by atoms with E-state index in [9.17, 15) is 18.8 Å². The molecule has 0 radical (unpaired) electrons. The molecule has 0 aliphatic carbocycles. The van der Waals surface area contributed by atoms with E-state index in [0.29, 0.717) is 0 Å². The van der Waals surface area contributed by atoms with Gasteiger partial charge in [0.1, 0.15) is 12.4 Å². The minimum absolute atomic E-state index is 0.0112.